The van der Waals surface area contributed by atoms with Gasteiger partial charge in [0.25, 0.3) is 0 Å². The zero-order valence-electron chi connectivity index (χ0n) is 12.8. The molecule has 0 saturated carbocycles. The summed E-state index contributed by atoms with van der Waals surface area (Å²) < 4.78 is 0. The third kappa shape index (κ3) is 2.49. The van der Waals surface area contributed by atoms with E-state index in [2.05, 4.69) is 34.6 Å². The van der Waals surface area contributed by atoms with Crippen molar-refractivity contribution in [1.82, 2.24) is 4.90 Å². The number of imide groups is 1. The number of hydrogen-bond donors (Lipinski definition) is 0. The molecule has 1 aromatic rings. The van der Waals surface area contributed by atoms with Gasteiger partial charge in [0.15, 0.2) is 0 Å². The predicted molar refractivity (Wildman–Crippen MR) is 81.9 cm³/mol. The first-order valence-electron chi connectivity index (χ1n) is 6.87. The van der Waals surface area contributed by atoms with E-state index in [9.17, 15) is 9.59 Å². The Morgan fingerprint density at radius 3 is 1.65 bits per heavy atom. The topological polar surface area (TPSA) is 37.4 Å². The molecule has 1 heterocycles. The summed E-state index contributed by atoms with van der Waals surface area (Å²) in [6, 6.07) is 0. The summed E-state index contributed by atoms with van der Waals surface area (Å²) in [4.78, 5) is 25.9. The Bertz CT molecular complexity index is 548. The minimum atomic E-state index is -0.0432. The number of hydrogen-bond acceptors (Lipinski definition) is 3. The van der Waals surface area contributed by atoms with Crippen molar-refractivity contribution in [2.24, 2.45) is 0 Å². The van der Waals surface area contributed by atoms with Crippen molar-refractivity contribution < 1.29 is 9.59 Å². The molecule has 0 aromatic heterocycles. The first kappa shape index (κ1) is 15.1. The van der Waals surface area contributed by atoms with Crippen molar-refractivity contribution in [3.63, 3.8) is 0 Å². The molecule has 1 saturated heterocycles. The van der Waals surface area contributed by atoms with Crippen LogP contribution in [0.15, 0.2) is 4.90 Å². The van der Waals surface area contributed by atoms with E-state index in [1.807, 2.05) is 0 Å². The van der Waals surface area contributed by atoms with Crippen LogP contribution in [0.2, 0.25) is 0 Å². The van der Waals surface area contributed by atoms with Crippen LogP contribution in [0.1, 0.15) is 40.7 Å². The van der Waals surface area contributed by atoms with Crippen molar-refractivity contribution in [3.8, 4) is 0 Å². The monoisotopic (exact) mass is 292 g/mol. The van der Waals surface area contributed by atoms with Crippen molar-refractivity contribution in [1.29, 1.82) is 0 Å². The van der Waals surface area contributed by atoms with Gasteiger partial charge in [-0.15, -0.1) is 11.8 Å². The number of nitrogens with zero attached hydrogens (tertiary/aromatic N) is 1. The lowest BCUT2D eigenvalue weighted by Crippen LogP contribution is -2.28. The molecule has 1 aliphatic rings. The van der Waals surface area contributed by atoms with E-state index in [0.717, 1.165) is 0 Å². The maximum atomic E-state index is 11.7. The van der Waals surface area contributed by atoms with E-state index < -0.39 is 0 Å². The Morgan fingerprint density at radius 2 is 1.20 bits per heavy atom. The highest BCUT2D eigenvalue weighted by atomic mass is 32.2. The molecule has 2 amide bonds. The van der Waals surface area contributed by atoms with Crippen LogP contribution in [0, 0.1) is 34.6 Å². The van der Waals surface area contributed by atoms with Crippen molar-refractivity contribution in [2.45, 2.75) is 52.4 Å². The molecular weight excluding hydrogens is 271 g/mol. The molecule has 4 heteroatoms. The van der Waals surface area contributed by atoms with Crippen LogP contribution in [0.4, 0.5) is 0 Å². The summed E-state index contributed by atoms with van der Waals surface area (Å²) in [5.41, 5.74) is 6.45. The summed E-state index contributed by atoms with van der Waals surface area (Å²) in [6.07, 6.45) is 0.729. The summed E-state index contributed by atoms with van der Waals surface area (Å²) in [6.45, 7) is 10.6. The van der Waals surface area contributed by atoms with Gasteiger partial charge in [0.05, 0.1) is 5.88 Å². The van der Waals surface area contributed by atoms with Gasteiger partial charge in [-0.3, -0.25) is 14.5 Å². The zero-order chi connectivity index (χ0) is 15.0. The Balaban J connectivity index is 2.26. The lowest BCUT2D eigenvalue weighted by Gasteiger charge is -2.20. The molecule has 1 fully saturated rings. The van der Waals surface area contributed by atoms with Crippen LogP contribution in [-0.4, -0.2) is 22.6 Å². The van der Waals surface area contributed by atoms with Gasteiger partial charge in [-0.05, 0) is 62.4 Å². The predicted octanol–water partition coefficient (Wildman–Crippen LogP) is 3.43. The molecule has 0 bridgehead atoms. The van der Waals surface area contributed by atoms with Crippen LogP contribution >= 0.6 is 11.8 Å². The lowest BCUT2D eigenvalue weighted by atomic mass is 9.95. The van der Waals surface area contributed by atoms with E-state index >= 15 is 0 Å². The Hall–Kier alpha value is -1.29. The number of likely N-dealkylation sites (tertiary alicyclic amines) is 1. The van der Waals surface area contributed by atoms with Gasteiger partial charge < -0.3 is 0 Å². The molecule has 1 aliphatic heterocycles. The standard InChI is InChI=1S/C16H21NO2S/c1-9-10(2)12(4)16(13(5)11(9)3)20-8-17-14(18)6-7-15(17)19/h6-8H2,1-5H3/i8+1. The Labute approximate surface area is 124 Å². The molecule has 0 N–H and O–H groups in total. The average Bonchev–Trinajstić information content (AvgIpc) is 2.74. The normalized spacial score (nSPS) is 15.3. The van der Waals surface area contributed by atoms with E-state index in [1.54, 1.807) is 11.8 Å². The van der Waals surface area contributed by atoms with Gasteiger partial charge in [0, 0.05) is 17.7 Å². The maximum absolute atomic E-state index is 11.7. The average molecular weight is 292 g/mol. The minimum Gasteiger partial charge on any atom is -0.274 e. The summed E-state index contributed by atoms with van der Waals surface area (Å²) >= 11 is 1.60. The summed E-state index contributed by atoms with van der Waals surface area (Å²) in [5.74, 6) is 0.345. The van der Waals surface area contributed by atoms with Gasteiger partial charge in [-0.2, -0.15) is 0 Å². The van der Waals surface area contributed by atoms with Gasteiger partial charge >= 0.3 is 0 Å². The first-order valence-corrected chi connectivity index (χ1v) is 7.86. The molecule has 108 valence electrons. The molecule has 20 heavy (non-hydrogen) atoms. The van der Waals surface area contributed by atoms with Gasteiger partial charge in [-0.1, -0.05) is 0 Å². The number of carbonyl (C=O) groups is 2. The molecule has 1 aromatic carbocycles. The third-order valence-electron chi connectivity index (χ3n) is 4.42. The lowest BCUT2D eigenvalue weighted by molar-refractivity contribution is -0.137. The smallest absolute Gasteiger partial charge is 0.230 e. The van der Waals surface area contributed by atoms with Gasteiger partial charge in [0.1, 0.15) is 0 Å². The molecule has 0 unspecified atom stereocenters. The van der Waals surface area contributed by atoms with Crippen LogP contribution in [0.5, 0.6) is 0 Å². The van der Waals surface area contributed by atoms with Crippen LogP contribution in [0.25, 0.3) is 0 Å². The van der Waals surface area contributed by atoms with Crippen molar-refractivity contribution >= 4 is 23.6 Å². The third-order valence-corrected chi connectivity index (χ3v) is 5.71. The fourth-order valence-electron chi connectivity index (χ4n) is 2.58. The molecular formula is C16H21NO2S. The maximum Gasteiger partial charge on any atom is 0.230 e. The van der Waals surface area contributed by atoms with Crippen LogP contribution in [0.3, 0.4) is 0 Å². The zero-order valence-corrected chi connectivity index (χ0v) is 13.6. The van der Waals surface area contributed by atoms with Crippen molar-refractivity contribution in [2.75, 3.05) is 5.88 Å². The highest BCUT2D eigenvalue weighted by molar-refractivity contribution is 7.99. The fourth-order valence-corrected chi connectivity index (χ4v) is 3.86. The largest absolute Gasteiger partial charge is 0.274 e. The minimum absolute atomic E-state index is 0.0432. The van der Waals surface area contributed by atoms with Gasteiger partial charge in [-0.25, -0.2) is 0 Å². The fraction of sp³-hybridized carbons (Fsp3) is 0.500. The second kappa shape index (κ2) is 5.60. The van der Waals surface area contributed by atoms with E-state index in [4.69, 9.17) is 0 Å². The molecule has 0 spiro atoms. The molecule has 0 atom stereocenters. The number of amides is 2. The molecule has 0 aliphatic carbocycles. The van der Waals surface area contributed by atoms with Gasteiger partial charge in [0.2, 0.25) is 11.8 Å². The molecule has 2 rings (SSSR count). The second-order valence-corrected chi connectivity index (χ2v) is 6.40. The Morgan fingerprint density at radius 1 is 0.800 bits per heavy atom. The number of thioether (sulfide) groups is 1. The van der Waals surface area contributed by atoms with Crippen LogP contribution < -0.4 is 0 Å². The quantitative estimate of drug-likeness (QED) is 0.486. The van der Waals surface area contributed by atoms with E-state index in [0.29, 0.717) is 18.7 Å². The van der Waals surface area contributed by atoms with E-state index in [1.165, 1.54) is 37.6 Å². The summed E-state index contributed by atoms with van der Waals surface area (Å²) in [5, 5.41) is 0. The Kier molecular flexibility index (Phi) is 4.23. The van der Waals surface area contributed by atoms with E-state index in [-0.39, 0.29) is 11.8 Å². The molecule has 3 nitrogen and oxygen atoms in total. The van der Waals surface area contributed by atoms with Crippen LogP contribution in [-0.2, 0) is 9.59 Å². The SMILES string of the molecule is Cc1c(C)c(C)c(S[13CH2]N2C(=O)CCC2=O)c(C)c1C. The first-order chi connectivity index (χ1) is 9.34. The number of carbonyl (C=O) groups excluding carboxylic acids is 2. The summed E-state index contributed by atoms with van der Waals surface area (Å²) in [7, 11) is 0. The number of benzene rings is 1. The highest BCUT2D eigenvalue weighted by Gasteiger charge is 2.29. The molecule has 0 radical (unpaired) electrons. The number of rotatable bonds is 3. The van der Waals surface area contributed by atoms with Crippen molar-refractivity contribution in [3.05, 3.63) is 27.8 Å². The highest BCUT2D eigenvalue weighted by Crippen LogP contribution is 2.34. The second-order valence-electron chi connectivity index (χ2n) is 5.44.